The summed E-state index contributed by atoms with van der Waals surface area (Å²) in [6, 6.07) is 2.46. The number of carboxylic acids is 1. The molecule has 0 heterocycles. The second-order valence-corrected chi connectivity index (χ2v) is 3.88. The molecule has 0 saturated carbocycles. The third kappa shape index (κ3) is 8.94. The van der Waals surface area contributed by atoms with Crippen LogP contribution in [0.15, 0.2) is 23.1 Å². The van der Waals surface area contributed by atoms with Crippen LogP contribution in [0, 0.1) is 0 Å². The standard InChI is InChI=1S/C7H6O6S.2Na.3H2O.2H/c8-6-2-1-4(14(11,12)13)3-5(6)7(9)10;;;;;;;/h1-3,8H,(H,9,10)(H,11,12,13);;;3*1H2;;/q;2*+1;;;;2*-1. The zero-order chi connectivity index (χ0) is 10.9. The van der Waals surface area contributed by atoms with E-state index < -0.39 is 32.3 Å². The van der Waals surface area contributed by atoms with Crippen molar-refractivity contribution in [1.29, 1.82) is 0 Å². The van der Waals surface area contributed by atoms with Crippen molar-refractivity contribution in [3.63, 3.8) is 0 Å². The molecule has 0 fully saturated rings. The number of carboxylic acid groups (broad SMARTS) is 1. The Labute approximate surface area is 155 Å². The van der Waals surface area contributed by atoms with Gasteiger partial charge in [-0.1, -0.05) is 0 Å². The van der Waals surface area contributed by atoms with Crippen LogP contribution >= 0.6 is 0 Å². The monoisotopic (exact) mass is 320 g/mol. The largest absolute Gasteiger partial charge is 1.00 e. The van der Waals surface area contributed by atoms with E-state index in [0.717, 1.165) is 12.1 Å². The van der Waals surface area contributed by atoms with Gasteiger partial charge in [0.05, 0.1) is 4.90 Å². The van der Waals surface area contributed by atoms with Gasteiger partial charge in [0.25, 0.3) is 10.1 Å². The summed E-state index contributed by atoms with van der Waals surface area (Å²) in [6.45, 7) is 0. The second-order valence-electron chi connectivity index (χ2n) is 2.46. The summed E-state index contributed by atoms with van der Waals surface area (Å²) >= 11 is 0. The first-order valence-electron chi connectivity index (χ1n) is 3.36. The molecule has 0 spiro atoms. The summed E-state index contributed by atoms with van der Waals surface area (Å²) in [4.78, 5) is 9.89. The van der Waals surface area contributed by atoms with Gasteiger partial charge in [-0.25, -0.2) is 4.79 Å². The van der Waals surface area contributed by atoms with E-state index in [-0.39, 0.29) is 78.4 Å². The summed E-state index contributed by atoms with van der Waals surface area (Å²) in [6.07, 6.45) is 0. The van der Waals surface area contributed by atoms with Gasteiger partial charge in [-0.05, 0) is 18.2 Å². The first kappa shape index (κ1) is 31.6. The van der Waals surface area contributed by atoms with Crippen LogP contribution in [0.25, 0.3) is 0 Å². The first-order valence-corrected chi connectivity index (χ1v) is 4.80. The van der Waals surface area contributed by atoms with Gasteiger partial charge >= 0.3 is 65.1 Å². The second kappa shape index (κ2) is 12.1. The van der Waals surface area contributed by atoms with Gasteiger partial charge in [-0.2, -0.15) is 8.42 Å². The van der Waals surface area contributed by atoms with E-state index in [2.05, 4.69) is 0 Å². The van der Waals surface area contributed by atoms with E-state index in [1.165, 1.54) is 0 Å². The summed E-state index contributed by atoms with van der Waals surface area (Å²) in [5.41, 5.74) is -0.583. The van der Waals surface area contributed by atoms with Gasteiger partial charge < -0.3 is 29.5 Å². The Morgan fingerprint density at radius 1 is 1.11 bits per heavy atom. The maximum atomic E-state index is 10.6. The van der Waals surface area contributed by atoms with Crippen LogP contribution in [-0.2, 0) is 10.1 Å². The molecule has 1 aromatic rings. The SMILES string of the molecule is O.O.O.O=C(O)c1cc(S(=O)(=O)O)ccc1O.[H-].[H-].[Na+].[Na+]. The van der Waals surface area contributed by atoms with Crippen molar-refractivity contribution in [3.8, 4) is 5.75 Å². The van der Waals surface area contributed by atoms with Crippen molar-refractivity contribution in [2.45, 2.75) is 4.90 Å². The van der Waals surface area contributed by atoms with E-state index in [9.17, 15) is 13.2 Å². The fourth-order valence-corrected chi connectivity index (χ4v) is 1.35. The van der Waals surface area contributed by atoms with Crippen molar-refractivity contribution in [2.24, 2.45) is 0 Å². The molecular weight excluding hydrogens is 306 g/mol. The molecule has 0 aliphatic carbocycles. The zero-order valence-corrected chi connectivity index (χ0v) is 15.0. The fourth-order valence-electron chi connectivity index (χ4n) is 0.847. The van der Waals surface area contributed by atoms with Crippen molar-refractivity contribution in [3.05, 3.63) is 23.8 Å². The third-order valence-electron chi connectivity index (χ3n) is 1.50. The van der Waals surface area contributed by atoms with Gasteiger partial charge in [0.2, 0.25) is 0 Å². The minimum absolute atomic E-state index is 0. The van der Waals surface area contributed by atoms with E-state index in [4.69, 9.17) is 14.8 Å². The molecule has 9 nitrogen and oxygen atoms in total. The molecule has 0 aliphatic heterocycles. The number of carbonyl (C=O) groups is 1. The molecule has 12 heteroatoms. The number of phenols is 1. The topological polar surface area (TPSA) is 206 Å². The number of aromatic hydroxyl groups is 1. The Balaban J connectivity index is -0.0000000560. The van der Waals surface area contributed by atoms with E-state index in [0.29, 0.717) is 6.07 Å². The predicted octanol–water partition coefficient (Wildman–Crippen LogP) is -7.90. The Morgan fingerprint density at radius 3 is 1.84 bits per heavy atom. The molecule has 1 rings (SSSR count). The molecule has 9 N–H and O–H groups in total. The van der Waals surface area contributed by atoms with Gasteiger partial charge in [0.15, 0.2) is 0 Å². The molecule has 0 saturated heterocycles. The molecule has 0 amide bonds. The smallest absolute Gasteiger partial charge is 1.00 e. The quantitative estimate of drug-likeness (QED) is 0.356. The third-order valence-corrected chi connectivity index (χ3v) is 2.35. The normalized spacial score (nSPS) is 8.26. The Morgan fingerprint density at radius 2 is 1.53 bits per heavy atom. The van der Waals surface area contributed by atoms with Crippen LogP contribution in [0.1, 0.15) is 13.2 Å². The number of hydrogen-bond donors (Lipinski definition) is 3. The summed E-state index contributed by atoms with van der Waals surface area (Å²) in [5, 5.41) is 17.5. The maximum absolute atomic E-state index is 10.6. The van der Waals surface area contributed by atoms with Crippen LogP contribution in [0.2, 0.25) is 0 Å². The van der Waals surface area contributed by atoms with Gasteiger partial charge in [0.1, 0.15) is 11.3 Å². The first-order chi connectivity index (χ1) is 6.32. The van der Waals surface area contributed by atoms with Crippen molar-refractivity contribution < 1.29 is 106 Å². The van der Waals surface area contributed by atoms with Crippen molar-refractivity contribution >= 4 is 16.1 Å². The Kier molecular flexibility index (Phi) is 20.0. The maximum Gasteiger partial charge on any atom is 1.00 e. The molecular formula is C7H14Na2O9S. The van der Waals surface area contributed by atoms with Gasteiger partial charge in [-0.3, -0.25) is 4.55 Å². The number of hydrogen-bond acceptors (Lipinski definition) is 4. The van der Waals surface area contributed by atoms with Crippen LogP contribution < -0.4 is 59.1 Å². The summed E-state index contributed by atoms with van der Waals surface area (Å²) < 4.78 is 29.8. The predicted molar refractivity (Wildman–Crippen MR) is 57.9 cm³/mol. The number of benzene rings is 1. The molecule has 0 radical (unpaired) electrons. The zero-order valence-electron chi connectivity index (χ0n) is 12.2. The Bertz CT molecular complexity index is 497. The molecule has 0 atom stereocenters. The summed E-state index contributed by atoms with van der Waals surface area (Å²) in [5.74, 6) is -2.04. The van der Waals surface area contributed by atoms with Crippen molar-refractivity contribution in [2.75, 3.05) is 0 Å². The van der Waals surface area contributed by atoms with Crippen LogP contribution in [0.3, 0.4) is 0 Å². The average Bonchev–Trinajstić information content (AvgIpc) is 2.02. The number of rotatable bonds is 2. The minimum atomic E-state index is -4.45. The number of aromatic carboxylic acids is 1. The van der Waals surface area contributed by atoms with Crippen LogP contribution in [0.4, 0.5) is 0 Å². The summed E-state index contributed by atoms with van der Waals surface area (Å²) in [7, 11) is -4.45. The fraction of sp³-hybridized carbons (Fsp3) is 0. The van der Waals surface area contributed by atoms with E-state index in [1.54, 1.807) is 0 Å². The van der Waals surface area contributed by atoms with E-state index >= 15 is 0 Å². The minimum Gasteiger partial charge on any atom is -1.00 e. The molecule has 1 aromatic carbocycles. The van der Waals surface area contributed by atoms with Crippen LogP contribution in [-0.4, -0.2) is 45.6 Å². The van der Waals surface area contributed by atoms with Crippen LogP contribution in [0.5, 0.6) is 5.75 Å². The Hall–Kier alpha value is 0.280. The average molecular weight is 320 g/mol. The van der Waals surface area contributed by atoms with E-state index in [1.807, 2.05) is 0 Å². The molecule has 0 unspecified atom stereocenters. The molecule has 0 aliphatic rings. The van der Waals surface area contributed by atoms with Gasteiger partial charge in [-0.15, -0.1) is 0 Å². The molecule has 104 valence electrons. The van der Waals surface area contributed by atoms with Gasteiger partial charge in [0, 0.05) is 0 Å². The van der Waals surface area contributed by atoms with Crippen molar-refractivity contribution in [1.82, 2.24) is 0 Å². The molecule has 19 heavy (non-hydrogen) atoms. The molecule has 0 aromatic heterocycles. The molecule has 0 bridgehead atoms.